The SMILES string of the molecule is Cc1cc(F)c(-c2ccc3nc(-c4cc(F)c(C(F)(F)Oc5cc(F)c(F)c(F)c5)c(F)c4)sc3c2)c(F)c1. The molecule has 0 saturated heterocycles. The summed E-state index contributed by atoms with van der Waals surface area (Å²) in [4.78, 5) is 4.21. The van der Waals surface area contributed by atoms with E-state index in [9.17, 15) is 39.5 Å². The second kappa shape index (κ2) is 9.60. The van der Waals surface area contributed by atoms with E-state index in [2.05, 4.69) is 9.72 Å². The lowest BCUT2D eigenvalue weighted by atomic mass is 10.0. The minimum atomic E-state index is -4.74. The molecule has 0 spiro atoms. The predicted octanol–water partition coefficient (Wildman–Crippen LogP) is 9.04. The zero-order valence-electron chi connectivity index (χ0n) is 19.4. The van der Waals surface area contributed by atoms with Crippen LogP contribution in [0, 0.1) is 47.6 Å². The van der Waals surface area contributed by atoms with Crippen LogP contribution in [0.15, 0.2) is 54.6 Å². The first-order valence-electron chi connectivity index (χ1n) is 10.9. The van der Waals surface area contributed by atoms with Crippen molar-refractivity contribution in [3.05, 3.63) is 106 Å². The zero-order chi connectivity index (χ0) is 28.2. The third-order valence-corrected chi connectivity index (χ3v) is 6.71. The summed E-state index contributed by atoms with van der Waals surface area (Å²) in [7, 11) is 0. The Balaban J connectivity index is 1.50. The Labute approximate surface area is 217 Å². The molecule has 0 amide bonds. The van der Waals surface area contributed by atoms with E-state index in [1.165, 1.54) is 25.1 Å². The molecule has 0 N–H and O–H groups in total. The van der Waals surface area contributed by atoms with Gasteiger partial charge in [-0.3, -0.25) is 0 Å². The number of rotatable bonds is 5. The summed E-state index contributed by atoms with van der Waals surface area (Å²) in [6.07, 6.45) is -4.74. The number of aryl methyl sites for hydroxylation is 1. The highest BCUT2D eigenvalue weighted by Crippen LogP contribution is 2.40. The van der Waals surface area contributed by atoms with Crippen LogP contribution in [0.1, 0.15) is 11.1 Å². The summed E-state index contributed by atoms with van der Waals surface area (Å²) in [5.41, 5.74) is -1.49. The van der Waals surface area contributed by atoms with Crippen LogP contribution >= 0.6 is 11.3 Å². The molecule has 12 heteroatoms. The van der Waals surface area contributed by atoms with Gasteiger partial charge in [-0.1, -0.05) is 6.07 Å². The summed E-state index contributed by atoms with van der Waals surface area (Å²) >= 11 is 0.885. The molecule has 0 saturated carbocycles. The normalized spacial score (nSPS) is 11.8. The molecule has 5 rings (SSSR count). The molecule has 1 heterocycles. The molecule has 39 heavy (non-hydrogen) atoms. The minimum absolute atomic E-state index is 0.00302. The van der Waals surface area contributed by atoms with Crippen LogP contribution < -0.4 is 4.74 Å². The van der Waals surface area contributed by atoms with Crippen LogP contribution in [-0.4, -0.2) is 4.98 Å². The third kappa shape index (κ3) is 4.91. The molecule has 1 aromatic heterocycles. The lowest BCUT2D eigenvalue weighted by Gasteiger charge is -2.20. The van der Waals surface area contributed by atoms with Gasteiger partial charge in [0.15, 0.2) is 17.5 Å². The fourth-order valence-corrected chi connectivity index (χ4v) is 4.94. The van der Waals surface area contributed by atoms with Crippen molar-refractivity contribution in [1.29, 1.82) is 0 Å². The number of alkyl halides is 2. The number of hydrogen-bond donors (Lipinski definition) is 0. The number of fused-ring (bicyclic) bond motifs is 1. The number of nitrogens with zero attached hydrogens (tertiary/aromatic N) is 1. The van der Waals surface area contributed by atoms with Crippen LogP contribution in [0.3, 0.4) is 0 Å². The third-order valence-electron chi connectivity index (χ3n) is 5.65. The van der Waals surface area contributed by atoms with E-state index in [0.717, 1.165) is 23.5 Å². The Kier molecular flexibility index (Phi) is 6.53. The number of thiazole rings is 1. The quantitative estimate of drug-likeness (QED) is 0.156. The van der Waals surface area contributed by atoms with Gasteiger partial charge < -0.3 is 4.74 Å². The Hall–Kier alpha value is -4.06. The standard InChI is InChI=1S/C27H12F9NOS/c1-11-4-15(28)23(16(29)5-11)12-2-3-21-22(8-12)39-26(37-21)13-6-17(30)24(18(31)7-13)27(35,36)38-14-9-19(32)25(34)20(33)10-14/h2-10H,1H3. The van der Waals surface area contributed by atoms with Crippen molar-refractivity contribution in [3.8, 4) is 27.4 Å². The van der Waals surface area contributed by atoms with Crippen LogP contribution in [0.5, 0.6) is 5.75 Å². The van der Waals surface area contributed by atoms with Crippen LogP contribution in [0.2, 0.25) is 0 Å². The van der Waals surface area contributed by atoms with Crippen molar-refractivity contribution in [3.63, 3.8) is 0 Å². The first-order valence-corrected chi connectivity index (χ1v) is 11.7. The van der Waals surface area contributed by atoms with E-state index in [1.807, 2.05) is 0 Å². The Bertz CT molecular complexity index is 1700. The van der Waals surface area contributed by atoms with Gasteiger partial charge in [-0.25, -0.2) is 35.7 Å². The van der Waals surface area contributed by atoms with Crippen LogP contribution in [0.25, 0.3) is 31.9 Å². The molecule has 0 bridgehead atoms. The van der Waals surface area contributed by atoms with E-state index in [0.29, 0.717) is 27.9 Å². The average Bonchev–Trinajstić information content (AvgIpc) is 3.24. The van der Waals surface area contributed by atoms with E-state index in [4.69, 9.17) is 0 Å². The molecule has 0 aliphatic carbocycles. The van der Waals surface area contributed by atoms with Crippen molar-refractivity contribution in [1.82, 2.24) is 4.98 Å². The number of hydrogen-bond acceptors (Lipinski definition) is 3. The van der Waals surface area contributed by atoms with Gasteiger partial charge >= 0.3 is 6.11 Å². The number of aromatic nitrogens is 1. The van der Waals surface area contributed by atoms with Crippen molar-refractivity contribution < 1.29 is 44.3 Å². The summed E-state index contributed by atoms with van der Waals surface area (Å²) in [5.74, 6) is -11.9. The zero-order valence-corrected chi connectivity index (χ0v) is 20.2. The first kappa shape index (κ1) is 26.5. The lowest BCUT2D eigenvalue weighted by Crippen LogP contribution is -2.25. The largest absolute Gasteiger partial charge is 0.432 e. The molecule has 2 nitrogen and oxygen atoms in total. The summed E-state index contributed by atoms with van der Waals surface area (Å²) in [6, 6.07) is 7.91. The highest BCUT2D eigenvalue weighted by atomic mass is 32.1. The summed E-state index contributed by atoms with van der Waals surface area (Å²) in [5, 5.41) is 0.00302. The molecule has 0 atom stereocenters. The van der Waals surface area contributed by atoms with Crippen molar-refractivity contribution in [2.75, 3.05) is 0 Å². The number of benzene rings is 4. The van der Waals surface area contributed by atoms with Gasteiger partial charge in [0.05, 0.1) is 15.8 Å². The number of ether oxygens (including phenoxy) is 1. The second-order valence-electron chi connectivity index (χ2n) is 8.44. The van der Waals surface area contributed by atoms with Gasteiger partial charge in [-0.2, -0.15) is 8.78 Å². The smallest absolute Gasteiger partial charge is 0.429 e. The van der Waals surface area contributed by atoms with Crippen molar-refractivity contribution >= 4 is 21.6 Å². The first-order chi connectivity index (χ1) is 18.3. The molecule has 200 valence electrons. The van der Waals surface area contributed by atoms with Gasteiger partial charge in [-0.05, 0) is 54.4 Å². The van der Waals surface area contributed by atoms with Crippen LogP contribution in [0.4, 0.5) is 39.5 Å². The van der Waals surface area contributed by atoms with Gasteiger partial charge in [0.2, 0.25) is 0 Å². The molecular formula is C27H12F9NOS. The highest BCUT2D eigenvalue weighted by Gasteiger charge is 2.41. The maximum atomic E-state index is 14.8. The van der Waals surface area contributed by atoms with Gasteiger partial charge in [0.1, 0.15) is 39.6 Å². The van der Waals surface area contributed by atoms with E-state index in [1.54, 1.807) is 0 Å². The monoisotopic (exact) mass is 569 g/mol. The fraction of sp³-hybridized carbons (Fsp3) is 0.0741. The summed E-state index contributed by atoms with van der Waals surface area (Å²) < 4.78 is 132. The molecule has 0 fully saturated rings. The topological polar surface area (TPSA) is 22.1 Å². The van der Waals surface area contributed by atoms with Crippen LogP contribution in [-0.2, 0) is 6.11 Å². The fourth-order valence-electron chi connectivity index (χ4n) is 3.94. The van der Waals surface area contributed by atoms with Crippen molar-refractivity contribution in [2.45, 2.75) is 13.0 Å². The molecule has 5 aromatic rings. The lowest BCUT2D eigenvalue weighted by molar-refractivity contribution is -0.189. The molecule has 0 unspecified atom stereocenters. The molecule has 0 radical (unpaired) electrons. The van der Waals surface area contributed by atoms with Gasteiger partial charge in [0, 0.05) is 17.7 Å². The van der Waals surface area contributed by atoms with Gasteiger partial charge in [-0.15, -0.1) is 11.3 Å². The van der Waals surface area contributed by atoms with Gasteiger partial charge in [0.25, 0.3) is 0 Å². The Morgan fingerprint density at radius 1 is 0.692 bits per heavy atom. The summed E-state index contributed by atoms with van der Waals surface area (Å²) in [6.45, 7) is 1.53. The van der Waals surface area contributed by atoms with E-state index >= 15 is 0 Å². The molecule has 0 aliphatic rings. The number of halogens is 9. The van der Waals surface area contributed by atoms with E-state index in [-0.39, 0.29) is 33.8 Å². The minimum Gasteiger partial charge on any atom is -0.429 e. The molecule has 0 aliphatic heterocycles. The molecule has 4 aromatic carbocycles. The predicted molar refractivity (Wildman–Crippen MR) is 126 cm³/mol. The maximum absolute atomic E-state index is 14.8. The maximum Gasteiger partial charge on any atom is 0.432 e. The van der Waals surface area contributed by atoms with E-state index < -0.39 is 58.1 Å². The Morgan fingerprint density at radius 3 is 1.87 bits per heavy atom. The second-order valence-corrected chi connectivity index (χ2v) is 9.47. The average molecular weight is 569 g/mol. The Morgan fingerprint density at radius 2 is 1.28 bits per heavy atom. The molecular weight excluding hydrogens is 557 g/mol. The highest BCUT2D eigenvalue weighted by molar-refractivity contribution is 7.21. The van der Waals surface area contributed by atoms with Crippen molar-refractivity contribution in [2.24, 2.45) is 0 Å².